The summed E-state index contributed by atoms with van der Waals surface area (Å²) in [6.07, 6.45) is 0.767. The maximum Gasteiger partial charge on any atom is 0.253 e. The summed E-state index contributed by atoms with van der Waals surface area (Å²) < 4.78 is 5.55. The fourth-order valence-corrected chi connectivity index (χ4v) is 2.73. The first-order valence-corrected chi connectivity index (χ1v) is 9.01. The second kappa shape index (κ2) is 10.0. The van der Waals surface area contributed by atoms with E-state index < -0.39 is 0 Å². The summed E-state index contributed by atoms with van der Waals surface area (Å²) in [5, 5.41) is 6.45. The van der Waals surface area contributed by atoms with Gasteiger partial charge in [-0.2, -0.15) is 0 Å². The monoisotopic (exact) mass is 394 g/mol. The van der Waals surface area contributed by atoms with Crippen molar-refractivity contribution in [1.29, 1.82) is 0 Å². The topological polar surface area (TPSA) is 67.4 Å². The van der Waals surface area contributed by atoms with E-state index in [1.165, 1.54) is 0 Å². The van der Waals surface area contributed by atoms with Gasteiger partial charge >= 0.3 is 0 Å². The van der Waals surface area contributed by atoms with Crippen LogP contribution in [-0.4, -0.2) is 25.0 Å². The minimum atomic E-state index is -0.218. The van der Waals surface area contributed by atoms with Gasteiger partial charge in [0.25, 0.3) is 5.91 Å². The molecule has 2 rings (SSSR count). The molecule has 26 heavy (non-hydrogen) atoms. The third-order valence-electron chi connectivity index (χ3n) is 3.48. The fraction of sp³-hybridized carbons (Fsp3) is 0.263. The summed E-state index contributed by atoms with van der Waals surface area (Å²) in [6.45, 7) is 2.70. The lowest BCUT2D eigenvalue weighted by Crippen LogP contribution is -2.24. The van der Waals surface area contributed by atoms with Crippen LogP contribution in [0.2, 0.25) is 10.0 Å². The lowest BCUT2D eigenvalue weighted by molar-refractivity contribution is -0.116. The smallest absolute Gasteiger partial charge is 0.253 e. The molecule has 0 fully saturated rings. The van der Waals surface area contributed by atoms with E-state index in [0.717, 1.165) is 0 Å². The predicted octanol–water partition coefficient (Wildman–Crippen LogP) is 4.54. The number of carbonyl (C=O) groups excluding carboxylic acids is 2. The van der Waals surface area contributed by atoms with Crippen LogP contribution >= 0.6 is 23.2 Å². The van der Waals surface area contributed by atoms with Gasteiger partial charge in [0.2, 0.25) is 5.91 Å². The molecule has 0 aromatic heterocycles. The number of hydrogen-bond acceptors (Lipinski definition) is 3. The molecule has 138 valence electrons. The molecular weight excluding hydrogens is 375 g/mol. The number of rotatable bonds is 8. The van der Waals surface area contributed by atoms with Crippen molar-refractivity contribution in [3.63, 3.8) is 0 Å². The van der Waals surface area contributed by atoms with Gasteiger partial charge in [0, 0.05) is 18.0 Å². The molecule has 0 saturated heterocycles. The quantitative estimate of drug-likeness (QED) is 0.645. The van der Waals surface area contributed by atoms with Gasteiger partial charge in [-0.1, -0.05) is 35.3 Å². The zero-order valence-corrected chi connectivity index (χ0v) is 15.9. The van der Waals surface area contributed by atoms with Crippen LogP contribution in [0.4, 0.5) is 5.69 Å². The highest BCUT2D eigenvalue weighted by Gasteiger charge is 2.12. The Morgan fingerprint density at radius 2 is 1.88 bits per heavy atom. The number of para-hydroxylation sites is 1. The Labute approximate surface area is 162 Å². The van der Waals surface area contributed by atoms with Crippen molar-refractivity contribution in [3.8, 4) is 5.75 Å². The number of nitrogens with one attached hydrogen (secondary N) is 2. The van der Waals surface area contributed by atoms with Crippen LogP contribution in [0.3, 0.4) is 0 Å². The van der Waals surface area contributed by atoms with E-state index in [-0.39, 0.29) is 18.2 Å². The zero-order chi connectivity index (χ0) is 18.9. The molecule has 2 aromatic rings. The van der Waals surface area contributed by atoms with Crippen LogP contribution in [0.25, 0.3) is 0 Å². The summed E-state index contributed by atoms with van der Waals surface area (Å²) in [5.74, 6) is 0.120. The van der Waals surface area contributed by atoms with Crippen LogP contribution in [0, 0.1) is 0 Å². The molecule has 0 unspecified atom stereocenters. The van der Waals surface area contributed by atoms with Crippen LogP contribution in [0.1, 0.15) is 30.1 Å². The minimum Gasteiger partial charge on any atom is -0.492 e. The van der Waals surface area contributed by atoms with Crippen LogP contribution < -0.4 is 15.4 Å². The van der Waals surface area contributed by atoms with Gasteiger partial charge in [0.1, 0.15) is 5.75 Å². The summed E-state index contributed by atoms with van der Waals surface area (Å²) in [6, 6.07) is 11.9. The Morgan fingerprint density at radius 3 is 2.62 bits per heavy atom. The maximum absolute atomic E-state index is 12.1. The summed E-state index contributed by atoms with van der Waals surface area (Å²) >= 11 is 11.9. The second-order valence-electron chi connectivity index (χ2n) is 5.48. The van der Waals surface area contributed by atoms with Crippen LogP contribution in [0.5, 0.6) is 5.75 Å². The standard InChI is InChI=1S/C19H20Cl2N2O3/c1-2-22-19(25)14-6-3-4-7-16(14)23-18(24)8-5-11-26-17-10-9-13(20)12-15(17)21/h3-4,6-7,9-10,12H,2,5,8,11H2,1H3,(H,22,25)(H,23,24). The van der Waals surface area contributed by atoms with Gasteiger partial charge in [-0.05, 0) is 43.7 Å². The lowest BCUT2D eigenvalue weighted by Gasteiger charge is -2.11. The molecule has 2 N–H and O–H groups in total. The van der Waals surface area contributed by atoms with Gasteiger partial charge in [-0.25, -0.2) is 0 Å². The predicted molar refractivity (Wildman–Crippen MR) is 104 cm³/mol. The Bertz CT molecular complexity index is 781. The van der Waals surface area contributed by atoms with Gasteiger partial charge in [-0.15, -0.1) is 0 Å². The summed E-state index contributed by atoms with van der Waals surface area (Å²) in [7, 11) is 0. The average molecular weight is 395 g/mol. The number of amides is 2. The van der Waals surface area contributed by atoms with Crippen molar-refractivity contribution in [1.82, 2.24) is 5.32 Å². The molecule has 0 aliphatic carbocycles. The average Bonchev–Trinajstić information content (AvgIpc) is 2.61. The molecule has 0 saturated carbocycles. The molecule has 0 radical (unpaired) electrons. The number of anilines is 1. The van der Waals surface area contributed by atoms with E-state index in [1.807, 2.05) is 6.92 Å². The minimum absolute atomic E-state index is 0.187. The van der Waals surface area contributed by atoms with Crippen molar-refractivity contribution in [2.24, 2.45) is 0 Å². The van der Waals surface area contributed by atoms with Crippen LogP contribution in [0.15, 0.2) is 42.5 Å². The first-order valence-electron chi connectivity index (χ1n) is 8.26. The first-order chi connectivity index (χ1) is 12.5. The Balaban J connectivity index is 1.83. The molecule has 0 heterocycles. The normalized spacial score (nSPS) is 10.3. The molecule has 2 amide bonds. The maximum atomic E-state index is 12.1. The van der Waals surface area contributed by atoms with Crippen molar-refractivity contribution < 1.29 is 14.3 Å². The van der Waals surface area contributed by atoms with Crippen molar-refractivity contribution in [3.05, 3.63) is 58.1 Å². The summed E-state index contributed by atoms with van der Waals surface area (Å²) in [4.78, 5) is 24.1. The summed E-state index contributed by atoms with van der Waals surface area (Å²) in [5.41, 5.74) is 0.928. The number of ether oxygens (including phenoxy) is 1. The molecule has 2 aromatic carbocycles. The number of hydrogen-bond donors (Lipinski definition) is 2. The molecule has 0 aliphatic rings. The van der Waals surface area contributed by atoms with E-state index in [4.69, 9.17) is 27.9 Å². The molecule has 5 nitrogen and oxygen atoms in total. The molecule has 0 atom stereocenters. The van der Waals surface area contributed by atoms with Crippen LogP contribution in [-0.2, 0) is 4.79 Å². The highest BCUT2D eigenvalue weighted by molar-refractivity contribution is 6.35. The van der Waals surface area contributed by atoms with Gasteiger partial charge in [0.15, 0.2) is 0 Å². The molecule has 0 spiro atoms. The molecule has 0 aliphatic heterocycles. The Morgan fingerprint density at radius 1 is 1.12 bits per heavy atom. The lowest BCUT2D eigenvalue weighted by atomic mass is 10.1. The van der Waals surface area contributed by atoms with Gasteiger partial charge in [0.05, 0.1) is 22.9 Å². The van der Waals surface area contributed by atoms with E-state index in [2.05, 4.69) is 10.6 Å². The Kier molecular flexibility index (Phi) is 7.75. The van der Waals surface area contributed by atoms with E-state index in [0.29, 0.717) is 46.6 Å². The Hall–Kier alpha value is -2.24. The van der Waals surface area contributed by atoms with Gasteiger partial charge < -0.3 is 15.4 Å². The highest BCUT2D eigenvalue weighted by Crippen LogP contribution is 2.27. The SMILES string of the molecule is CCNC(=O)c1ccccc1NC(=O)CCCOc1ccc(Cl)cc1Cl. The molecule has 0 bridgehead atoms. The van der Waals surface area contributed by atoms with Crippen molar-refractivity contribution in [2.75, 3.05) is 18.5 Å². The number of benzene rings is 2. The van der Waals surface area contributed by atoms with E-state index in [1.54, 1.807) is 42.5 Å². The largest absolute Gasteiger partial charge is 0.492 e. The third kappa shape index (κ3) is 5.93. The zero-order valence-electron chi connectivity index (χ0n) is 14.4. The number of halogens is 2. The highest BCUT2D eigenvalue weighted by atomic mass is 35.5. The third-order valence-corrected chi connectivity index (χ3v) is 4.01. The van der Waals surface area contributed by atoms with E-state index >= 15 is 0 Å². The fourth-order valence-electron chi connectivity index (χ4n) is 2.27. The van der Waals surface area contributed by atoms with Gasteiger partial charge in [-0.3, -0.25) is 9.59 Å². The molecular formula is C19H20Cl2N2O3. The second-order valence-corrected chi connectivity index (χ2v) is 6.32. The number of carbonyl (C=O) groups is 2. The molecule has 7 heteroatoms. The van der Waals surface area contributed by atoms with E-state index in [9.17, 15) is 9.59 Å². The van der Waals surface area contributed by atoms with Crippen molar-refractivity contribution >= 4 is 40.7 Å². The first kappa shape index (κ1) is 20.1. The van der Waals surface area contributed by atoms with Crippen molar-refractivity contribution in [2.45, 2.75) is 19.8 Å².